The monoisotopic (exact) mass is 364 g/mol. The topological polar surface area (TPSA) is 63.2 Å². The predicted molar refractivity (Wildman–Crippen MR) is 98.4 cm³/mol. The minimum atomic E-state index is -0.989. The second kappa shape index (κ2) is 9.05. The standard InChI is InChI=1S/C20H28O6/c1-20(2)25-16-13-15(22-3)12-14(18(16)19(21)26-20)10-8-6-7-9-11-17(23-4)24-5/h8,10,12-13,17H,6-7,9,11H2,1-5H3/b10-8+. The Morgan fingerprint density at radius 3 is 2.50 bits per heavy atom. The van der Waals surface area contributed by atoms with Gasteiger partial charge in [0.15, 0.2) is 6.29 Å². The molecular weight excluding hydrogens is 336 g/mol. The van der Waals surface area contributed by atoms with E-state index in [1.165, 1.54) is 0 Å². The summed E-state index contributed by atoms with van der Waals surface area (Å²) in [5.74, 6) is -0.261. The number of ether oxygens (including phenoxy) is 5. The third-order valence-corrected chi connectivity index (χ3v) is 4.12. The lowest BCUT2D eigenvalue weighted by atomic mass is 10.0. The molecule has 0 aromatic heterocycles. The molecule has 0 atom stereocenters. The van der Waals surface area contributed by atoms with Gasteiger partial charge in [-0.05, 0) is 37.3 Å². The van der Waals surface area contributed by atoms with E-state index < -0.39 is 5.79 Å². The van der Waals surface area contributed by atoms with E-state index in [0.29, 0.717) is 17.1 Å². The van der Waals surface area contributed by atoms with Gasteiger partial charge in [-0.3, -0.25) is 0 Å². The van der Waals surface area contributed by atoms with E-state index in [1.807, 2.05) is 18.2 Å². The zero-order valence-corrected chi connectivity index (χ0v) is 16.2. The van der Waals surface area contributed by atoms with Crippen LogP contribution in [0, 0.1) is 0 Å². The summed E-state index contributed by atoms with van der Waals surface area (Å²) in [6.45, 7) is 3.41. The molecule has 6 heteroatoms. The number of carbonyl (C=O) groups excluding carboxylic acids is 1. The zero-order chi connectivity index (χ0) is 19.2. The molecule has 0 bridgehead atoms. The van der Waals surface area contributed by atoms with Gasteiger partial charge in [-0.15, -0.1) is 0 Å². The van der Waals surface area contributed by atoms with Crippen LogP contribution in [0.3, 0.4) is 0 Å². The Labute approximate surface area is 155 Å². The van der Waals surface area contributed by atoms with Crippen molar-refractivity contribution in [3.63, 3.8) is 0 Å². The first-order chi connectivity index (χ1) is 12.4. The van der Waals surface area contributed by atoms with Crippen LogP contribution in [0.15, 0.2) is 18.2 Å². The Balaban J connectivity index is 2.06. The molecule has 1 aromatic carbocycles. The minimum Gasteiger partial charge on any atom is -0.497 e. The molecule has 0 saturated carbocycles. The smallest absolute Gasteiger partial charge is 0.345 e. The molecule has 0 radical (unpaired) electrons. The average molecular weight is 364 g/mol. The van der Waals surface area contributed by atoms with Gasteiger partial charge in [-0.1, -0.05) is 12.2 Å². The van der Waals surface area contributed by atoms with Gasteiger partial charge in [0.1, 0.15) is 17.1 Å². The minimum absolute atomic E-state index is 0.153. The van der Waals surface area contributed by atoms with E-state index in [0.717, 1.165) is 31.2 Å². The number of benzene rings is 1. The highest BCUT2D eigenvalue weighted by molar-refractivity contribution is 5.98. The van der Waals surface area contributed by atoms with Crippen molar-refractivity contribution in [2.75, 3.05) is 21.3 Å². The summed E-state index contributed by atoms with van der Waals surface area (Å²) < 4.78 is 26.8. The molecule has 0 spiro atoms. The van der Waals surface area contributed by atoms with E-state index >= 15 is 0 Å². The van der Waals surface area contributed by atoms with Crippen LogP contribution in [0.25, 0.3) is 6.08 Å². The fourth-order valence-corrected chi connectivity index (χ4v) is 2.83. The van der Waals surface area contributed by atoms with E-state index in [1.54, 1.807) is 41.2 Å². The highest BCUT2D eigenvalue weighted by Gasteiger charge is 2.35. The third kappa shape index (κ3) is 5.22. The van der Waals surface area contributed by atoms with Crippen LogP contribution in [-0.4, -0.2) is 39.4 Å². The molecule has 2 rings (SSSR count). The lowest BCUT2D eigenvalue weighted by Crippen LogP contribution is -2.39. The lowest BCUT2D eigenvalue weighted by Gasteiger charge is -2.32. The van der Waals surface area contributed by atoms with E-state index in [4.69, 9.17) is 23.7 Å². The Hall–Kier alpha value is -2.05. The molecule has 1 heterocycles. The van der Waals surface area contributed by atoms with Gasteiger partial charge in [0, 0.05) is 34.1 Å². The number of hydrogen-bond donors (Lipinski definition) is 0. The fourth-order valence-electron chi connectivity index (χ4n) is 2.83. The molecular formula is C20H28O6. The molecule has 0 unspecified atom stereocenters. The van der Waals surface area contributed by atoms with Crippen LogP contribution >= 0.6 is 0 Å². The summed E-state index contributed by atoms with van der Waals surface area (Å²) in [5, 5.41) is 0. The Bertz CT molecular complexity index is 646. The Morgan fingerprint density at radius 1 is 1.12 bits per heavy atom. The van der Waals surface area contributed by atoms with Gasteiger partial charge < -0.3 is 23.7 Å². The maximum atomic E-state index is 12.4. The molecule has 1 aromatic rings. The number of rotatable bonds is 9. The highest BCUT2D eigenvalue weighted by atomic mass is 16.7. The van der Waals surface area contributed by atoms with Gasteiger partial charge >= 0.3 is 5.97 Å². The first-order valence-electron chi connectivity index (χ1n) is 8.76. The van der Waals surface area contributed by atoms with Crippen LogP contribution in [0.5, 0.6) is 11.5 Å². The Morgan fingerprint density at radius 2 is 1.85 bits per heavy atom. The number of hydrogen-bond acceptors (Lipinski definition) is 6. The quantitative estimate of drug-likeness (QED) is 0.372. The summed E-state index contributed by atoms with van der Waals surface area (Å²) in [5.41, 5.74) is 1.16. The van der Waals surface area contributed by atoms with Crippen LogP contribution < -0.4 is 9.47 Å². The van der Waals surface area contributed by atoms with Gasteiger partial charge in [0.05, 0.1) is 7.11 Å². The molecule has 144 valence electrons. The Kier molecular flexibility index (Phi) is 7.06. The summed E-state index contributed by atoms with van der Waals surface area (Å²) >= 11 is 0. The number of cyclic esters (lactones) is 1. The molecule has 1 aliphatic heterocycles. The van der Waals surface area contributed by atoms with Crippen molar-refractivity contribution >= 4 is 12.0 Å². The van der Waals surface area contributed by atoms with Crippen molar-refractivity contribution < 1.29 is 28.5 Å². The van der Waals surface area contributed by atoms with Crippen molar-refractivity contribution in [1.82, 2.24) is 0 Å². The van der Waals surface area contributed by atoms with E-state index in [-0.39, 0.29) is 12.3 Å². The van der Waals surface area contributed by atoms with Crippen molar-refractivity contribution in [1.29, 1.82) is 0 Å². The molecule has 0 saturated heterocycles. The molecule has 0 fully saturated rings. The second-order valence-electron chi connectivity index (χ2n) is 6.57. The number of unbranched alkanes of at least 4 members (excludes halogenated alkanes) is 2. The molecule has 0 amide bonds. The average Bonchev–Trinajstić information content (AvgIpc) is 2.59. The van der Waals surface area contributed by atoms with Crippen molar-refractivity contribution in [3.8, 4) is 11.5 Å². The maximum Gasteiger partial charge on any atom is 0.345 e. The normalized spacial score (nSPS) is 15.7. The second-order valence-corrected chi connectivity index (χ2v) is 6.57. The summed E-state index contributed by atoms with van der Waals surface area (Å²) in [6, 6.07) is 3.52. The van der Waals surface area contributed by atoms with E-state index in [2.05, 4.69) is 0 Å². The van der Waals surface area contributed by atoms with Crippen LogP contribution in [-0.2, 0) is 14.2 Å². The maximum absolute atomic E-state index is 12.4. The molecule has 6 nitrogen and oxygen atoms in total. The number of esters is 1. The predicted octanol–water partition coefficient (Wildman–Crippen LogP) is 4.17. The first-order valence-corrected chi connectivity index (χ1v) is 8.76. The van der Waals surface area contributed by atoms with Crippen LogP contribution in [0.4, 0.5) is 0 Å². The molecule has 0 aliphatic carbocycles. The first kappa shape index (κ1) is 20.3. The highest BCUT2D eigenvalue weighted by Crippen LogP contribution is 2.37. The SMILES string of the molecule is COc1cc(/C=C/CCCCC(OC)OC)c2c(c1)OC(C)(C)OC2=O. The van der Waals surface area contributed by atoms with Crippen LogP contribution in [0.1, 0.15) is 55.5 Å². The number of allylic oxidation sites excluding steroid dienone is 1. The molecule has 0 N–H and O–H groups in total. The van der Waals surface area contributed by atoms with Crippen molar-refractivity contribution in [2.24, 2.45) is 0 Å². The van der Waals surface area contributed by atoms with Gasteiger partial charge in [0.2, 0.25) is 5.79 Å². The third-order valence-electron chi connectivity index (χ3n) is 4.12. The summed E-state index contributed by atoms with van der Waals surface area (Å²) in [4.78, 5) is 12.4. The van der Waals surface area contributed by atoms with Crippen molar-refractivity contribution in [3.05, 3.63) is 29.3 Å². The lowest BCUT2D eigenvalue weighted by molar-refractivity contribution is -0.127. The van der Waals surface area contributed by atoms with Gasteiger partial charge in [-0.25, -0.2) is 4.79 Å². The van der Waals surface area contributed by atoms with Crippen LogP contribution in [0.2, 0.25) is 0 Å². The van der Waals surface area contributed by atoms with E-state index in [9.17, 15) is 4.79 Å². The zero-order valence-electron chi connectivity index (χ0n) is 16.2. The fraction of sp³-hybridized carbons (Fsp3) is 0.550. The summed E-state index contributed by atoms with van der Waals surface area (Å²) in [6.07, 6.45) is 7.52. The van der Waals surface area contributed by atoms with Gasteiger partial charge in [0.25, 0.3) is 0 Å². The largest absolute Gasteiger partial charge is 0.497 e. The number of carbonyl (C=O) groups is 1. The van der Waals surface area contributed by atoms with Crippen molar-refractivity contribution in [2.45, 2.75) is 51.6 Å². The summed E-state index contributed by atoms with van der Waals surface area (Å²) in [7, 11) is 4.87. The molecule has 1 aliphatic rings. The number of fused-ring (bicyclic) bond motifs is 1. The molecule has 26 heavy (non-hydrogen) atoms. The number of methoxy groups -OCH3 is 3. The van der Waals surface area contributed by atoms with Gasteiger partial charge in [-0.2, -0.15) is 0 Å².